The zero-order valence-electron chi connectivity index (χ0n) is 17.4. The molecule has 0 fully saturated rings. The van der Waals surface area contributed by atoms with Gasteiger partial charge in [-0.15, -0.1) is 0 Å². The molecule has 0 bridgehead atoms. The Kier molecular flexibility index (Phi) is 10.1. The van der Waals surface area contributed by atoms with Crippen LogP contribution in [-0.2, 0) is 6.42 Å². The van der Waals surface area contributed by atoms with Crippen LogP contribution in [0.3, 0.4) is 0 Å². The Hall–Kier alpha value is -1.84. The fraction of sp³-hybridized carbons (Fsp3) is 0.652. The van der Waals surface area contributed by atoms with Crippen molar-refractivity contribution in [1.29, 1.82) is 0 Å². The number of carboxylic acids is 2. The number of benzene rings is 1. The van der Waals surface area contributed by atoms with Gasteiger partial charge in [-0.05, 0) is 41.9 Å². The lowest BCUT2D eigenvalue weighted by Gasteiger charge is -2.17. The van der Waals surface area contributed by atoms with Gasteiger partial charge >= 0.3 is 11.9 Å². The molecule has 0 aliphatic carbocycles. The lowest BCUT2D eigenvalue weighted by atomic mass is 9.87. The molecule has 0 aromatic heterocycles. The van der Waals surface area contributed by atoms with Crippen molar-refractivity contribution in [3.8, 4) is 0 Å². The average molecular weight is 377 g/mol. The molecular weight excluding hydrogens is 340 g/mol. The Morgan fingerprint density at radius 3 is 1.85 bits per heavy atom. The summed E-state index contributed by atoms with van der Waals surface area (Å²) < 4.78 is 0. The smallest absolute Gasteiger partial charge is 0.336 e. The molecular formula is C23H36O4. The van der Waals surface area contributed by atoms with Crippen molar-refractivity contribution >= 4 is 11.9 Å². The Balaban J connectivity index is 2.64. The summed E-state index contributed by atoms with van der Waals surface area (Å²) in [5.41, 5.74) is 1.52. The van der Waals surface area contributed by atoms with Gasteiger partial charge < -0.3 is 10.2 Å². The van der Waals surface area contributed by atoms with E-state index in [0.29, 0.717) is 12.0 Å². The van der Waals surface area contributed by atoms with Gasteiger partial charge in [0.15, 0.2) is 0 Å². The third kappa shape index (κ3) is 7.74. The molecule has 1 aromatic rings. The van der Waals surface area contributed by atoms with Gasteiger partial charge in [0.1, 0.15) is 0 Å². The highest BCUT2D eigenvalue weighted by molar-refractivity contribution is 6.03. The maximum atomic E-state index is 11.7. The lowest BCUT2D eigenvalue weighted by Crippen LogP contribution is -2.14. The summed E-state index contributed by atoms with van der Waals surface area (Å²) in [5.74, 6) is -1.37. The van der Waals surface area contributed by atoms with Gasteiger partial charge in [-0.2, -0.15) is 0 Å². The Labute approximate surface area is 164 Å². The molecule has 0 atom stereocenters. The predicted octanol–water partition coefficient (Wildman–Crippen LogP) is 6.53. The fourth-order valence-electron chi connectivity index (χ4n) is 3.63. The van der Waals surface area contributed by atoms with Crippen LogP contribution >= 0.6 is 0 Å². The van der Waals surface area contributed by atoms with Gasteiger partial charge in [-0.3, -0.25) is 0 Å². The summed E-state index contributed by atoms with van der Waals surface area (Å²) >= 11 is 0. The number of aromatic carboxylic acids is 2. The van der Waals surface area contributed by atoms with Crippen LogP contribution in [0, 0.1) is 5.92 Å². The first-order valence-electron chi connectivity index (χ1n) is 10.4. The molecule has 0 unspecified atom stereocenters. The first-order valence-corrected chi connectivity index (χ1v) is 10.4. The number of carbonyl (C=O) groups is 2. The largest absolute Gasteiger partial charge is 0.478 e. The van der Waals surface area contributed by atoms with Crippen molar-refractivity contribution in [3.63, 3.8) is 0 Å². The van der Waals surface area contributed by atoms with Crippen molar-refractivity contribution in [2.24, 2.45) is 5.92 Å². The van der Waals surface area contributed by atoms with Crippen molar-refractivity contribution in [2.75, 3.05) is 0 Å². The third-order valence-corrected chi connectivity index (χ3v) is 5.12. The minimum Gasteiger partial charge on any atom is -0.478 e. The summed E-state index contributed by atoms with van der Waals surface area (Å²) in [5, 5.41) is 19.0. The molecule has 27 heavy (non-hydrogen) atoms. The first-order chi connectivity index (χ1) is 12.8. The molecule has 1 aromatic carbocycles. The molecule has 0 aliphatic heterocycles. The molecule has 152 valence electrons. The molecule has 0 amide bonds. The number of carboxylic acid groups (broad SMARTS) is 2. The molecule has 4 heteroatoms. The lowest BCUT2D eigenvalue weighted by molar-refractivity contribution is 0.0650. The van der Waals surface area contributed by atoms with E-state index in [2.05, 4.69) is 13.8 Å². The number of unbranched alkanes of at least 4 members (excludes halogenated alkanes) is 6. The quantitative estimate of drug-likeness (QED) is 0.384. The van der Waals surface area contributed by atoms with Crippen molar-refractivity contribution in [1.82, 2.24) is 0 Å². The van der Waals surface area contributed by atoms with Gasteiger partial charge in [-0.1, -0.05) is 78.7 Å². The number of hydrogen-bond acceptors (Lipinski definition) is 2. The minimum absolute atomic E-state index is 0.0256. The van der Waals surface area contributed by atoms with E-state index in [1.807, 2.05) is 13.8 Å². The zero-order chi connectivity index (χ0) is 20.4. The topological polar surface area (TPSA) is 74.6 Å². The molecule has 4 nitrogen and oxygen atoms in total. The van der Waals surface area contributed by atoms with E-state index in [1.165, 1.54) is 38.2 Å². The third-order valence-electron chi connectivity index (χ3n) is 5.12. The maximum Gasteiger partial charge on any atom is 0.336 e. The molecule has 0 saturated heterocycles. The average Bonchev–Trinajstić information content (AvgIpc) is 2.58. The standard InChI is InChI=1S/C23H36O4/c1-16(2)12-10-8-6-5-7-9-11-13-19-18(17(3)4)14-15-20(22(24)25)21(19)23(26)27/h14-17H,5-13H2,1-4H3,(H,24,25)(H,26,27). The van der Waals surface area contributed by atoms with Gasteiger partial charge in [0.2, 0.25) is 0 Å². The molecule has 0 heterocycles. The summed E-state index contributed by atoms with van der Waals surface area (Å²) in [6.07, 6.45) is 10.1. The van der Waals surface area contributed by atoms with Gasteiger partial charge in [-0.25, -0.2) is 9.59 Å². The van der Waals surface area contributed by atoms with Crippen molar-refractivity contribution in [3.05, 3.63) is 34.4 Å². The highest BCUT2D eigenvalue weighted by atomic mass is 16.4. The SMILES string of the molecule is CC(C)CCCCCCCCCc1c(C(C)C)ccc(C(=O)O)c1C(=O)O. The van der Waals surface area contributed by atoms with Crippen LogP contribution in [0.2, 0.25) is 0 Å². The summed E-state index contributed by atoms with van der Waals surface area (Å²) in [6.45, 7) is 8.55. The first kappa shape index (κ1) is 23.2. The number of rotatable bonds is 13. The van der Waals surface area contributed by atoms with Crippen LogP contribution in [0.4, 0.5) is 0 Å². The van der Waals surface area contributed by atoms with E-state index < -0.39 is 11.9 Å². The number of hydrogen-bond donors (Lipinski definition) is 2. The second-order valence-corrected chi connectivity index (χ2v) is 8.23. The molecule has 2 N–H and O–H groups in total. The summed E-state index contributed by atoms with van der Waals surface area (Å²) in [6, 6.07) is 3.21. The van der Waals surface area contributed by atoms with E-state index in [9.17, 15) is 19.8 Å². The van der Waals surface area contributed by atoms with Crippen molar-refractivity contribution < 1.29 is 19.8 Å². The van der Waals surface area contributed by atoms with Crippen molar-refractivity contribution in [2.45, 2.75) is 91.4 Å². The molecule has 1 rings (SSSR count). The van der Waals surface area contributed by atoms with E-state index in [4.69, 9.17) is 0 Å². The molecule has 0 radical (unpaired) electrons. The van der Waals surface area contributed by atoms with Crippen LogP contribution in [0.1, 0.15) is 117 Å². The highest BCUT2D eigenvalue weighted by Gasteiger charge is 2.23. The van der Waals surface area contributed by atoms with E-state index in [-0.39, 0.29) is 17.0 Å². The Bertz CT molecular complexity index is 617. The van der Waals surface area contributed by atoms with E-state index >= 15 is 0 Å². The molecule has 0 aliphatic rings. The van der Waals surface area contributed by atoms with E-state index in [0.717, 1.165) is 30.7 Å². The monoisotopic (exact) mass is 376 g/mol. The van der Waals surface area contributed by atoms with Crippen LogP contribution in [0.5, 0.6) is 0 Å². The molecule has 0 spiro atoms. The summed E-state index contributed by atoms with van der Waals surface area (Å²) in [4.78, 5) is 23.2. The van der Waals surface area contributed by atoms with Crippen LogP contribution in [0.25, 0.3) is 0 Å². The maximum absolute atomic E-state index is 11.7. The molecule has 0 saturated carbocycles. The zero-order valence-corrected chi connectivity index (χ0v) is 17.4. The minimum atomic E-state index is -1.18. The normalized spacial score (nSPS) is 11.3. The fourth-order valence-corrected chi connectivity index (χ4v) is 3.63. The second kappa shape index (κ2) is 11.8. The Morgan fingerprint density at radius 1 is 0.815 bits per heavy atom. The second-order valence-electron chi connectivity index (χ2n) is 8.23. The van der Waals surface area contributed by atoms with Crippen LogP contribution < -0.4 is 0 Å². The Morgan fingerprint density at radius 2 is 1.37 bits per heavy atom. The summed E-state index contributed by atoms with van der Waals surface area (Å²) in [7, 11) is 0. The van der Waals surface area contributed by atoms with Gasteiger partial charge in [0.05, 0.1) is 11.1 Å². The van der Waals surface area contributed by atoms with E-state index in [1.54, 1.807) is 6.07 Å². The van der Waals surface area contributed by atoms with Crippen LogP contribution in [0.15, 0.2) is 12.1 Å². The van der Waals surface area contributed by atoms with Gasteiger partial charge in [0.25, 0.3) is 0 Å². The van der Waals surface area contributed by atoms with Crippen LogP contribution in [-0.4, -0.2) is 22.2 Å². The highest BCUT2D eigenvalue weighted by Crippen LogP contribution is 2.28. The predicted molar refractivity (Wildman–Crippen MR) is 110 cm³/mol. The van der Waals surface area contributed by atoms with Gasteiger partial charge in [0, 0.05) is 0 Å².